The monoisotopic (exact) mass is 324 g/mol. The summed E-state index contributed by atoms with van der Waals surface area (Å²) in [6, 6.07) is 9.89. The first-order chi connectivity index (χ1) is 11.6. The van der Waals surface area contributed by atoms with E-state index in [4.69, 9.17) is 0 Å². The summed E-state index contributed by atoms with van der Waals surface area (Å²) < 4.78 is 0. The minimum Gasteiger partial charge on any atom is -0.337 e. The molecule has 2 aromatic rings. The summed E-state index contributed by atoms with van der Waals surface area (Å²) in [6.45, 7) is 5.98. The number of nitrogens with one attached hydrogen (secondary N) is 1. The van der Waals surface area contributed by atoms with Crippen molar-refractivity contribution in [1.29, 1.82) is 0 Å². The van der Waals surface area contributed by atoms with Gasteiger partial charge in [0, 0.05) is 25.0 Å². The highest BCUT2D eigenvalue weighted by Crippen LogP contribution is 2.19. The maximum Gasteiger partial charge on any atom is 0.272 e. The second kappa shape index (κ2) is 7.43. The quantitative estimate of drug-likeness (QED) is 0.924. The van der Waals surface area contributed by atoms with Gasteiger partial charge in [-0.05, 0) is 48.9 Å². The van der Waals surface area contributed by atoms with Crippen LogP contribution in [-0.4, -0.2) is 33.9 Å². The molecule has 1 aliphatic rings. The van der Waals surface area contributed by atoms with Crippen molar-refractivity contribution in [2.75, 3.05) is 18.4 Å². The molecule has 0 spiro atoms. The van der Waals surface area contributed by atoms with Crippen LogP contribution in [0.5, 0.6) is 0 Å². The van der Waals surface area contributed by atoms with E-state index in [-0.39, 0.29) is 5.91 Å². The van der Waals surface area contributed by atoms with Crippen molar-refractivity contribution in [3.8, 4) is 0 Å². The fraction of sp³-hybridized carbons (Fsp3) is 0.421. The number of carbonyl (C=O) groups excluding carboxylic acids is 1. The first kappa shape index (κ1) is 16.4. The van der Waals surface area contributed by atoms with Gasteiger partial charge in [0.2, 0.25) is 5.95 Å². The molecular weight excluding hydrogens is 300 g/mol. The average molecular weight is 324 g/mol. The Morgan fingerprint density at radius 1 is 1.08 bits per heavy atom. The maximum absolute atomic E-state index is 12.5. The summed E-state index contributed by atoms with van der Waals surface area (Å²) in [5.41, 5.74) is 2.66. The van der Waals surface area contributed by atoms with Crippen LogP contribution in [0, 0.1) is 0 Å². The highest BCUT2D eigenvalue weighted by atomic mass is 16.2. The van der Waals surface area contributed by atoms with Crippen LogP contribution in [0.1, 0.15) is 55.1 Å². The van der Waals surface area contributed by atoms with E-state index in [2.05, 4.69) is 41.3 Å². The van der Waals surface area contributed by atoms with Crippen LogP contribution >= 0.6 is 0 Å². The van der Waals surface area contributed by atoms with Gasteiger partial charge in [0.15, 0.2) is 0 Å². The molecule has 1 aliphatic heterocycles. The normalized spacial score (nSPS) is 14.7. The van der Waals surface area contributed by atoms with Crippen molar-refractivity contribution in [3.05, 3.63) is 47.8 Å². The van der Waals surface area contributed by atoms with Crippen LogP contribution in [0.15, 0.2) is 36.5 Å². The average Bonchev–Trinajstić information content (AvgIpc) is 2.62. The number of anilines is 2. The van der Waals surface area contributed by atoms with Gasteiger partial charge in [-0.2, -0.15) is 0 Å². The highest BCUT2D eigenvalue weighted by molar-refractivity contribution is 5.92. The van der Waals surface area contributed by atoms with Crippen molar-refractivity contribution >= 4 is 17.5 Å². The Morgan fingerprint density at radius 2 is 1.79 bits per heavy atom. The second-order valence-electron chi connectivity index (χ2n) is 6.52. The molecule has 0 unspecified atom stereocenters. The van der Waals surface area contributed by atoms with Crippen LogP contribution in [0.3, 0.4) is 0 Å². The van der Waals surface area contributed by atoms with Gasteiger partial charge in [-0.1, -0.05) is 26.0 Å². The molecule has 1 fully saturated rings. The third kappa shape index (κ3) is 3.91. The van der Waals surface area contributed by atoms with Crippen LogP contribution in [0.2, 0.25) is 0 Å². The van der Waals surface area contributed by atoms with Crippen LogP contribution < -0.4 is 5.32 Å². The first-order valence-electron chi connectivity index (χ1n) is 8.63. The maximum atomic E-state index is 12.5. The number of hydrogen-bond donors (Lipinski definition) is 1. The third-order valence-corrected chi connectivity index (χ3v) is 4.35. The molecule has 0 aliphatic carbocycles. The molecule has 0 bridgehead atoms. The third-order valence-electron chi connectivity index (χ3n) is 4.35. The van der Waals surface area contributed by atoms with Crippen LogP contribution in [-0.2, 0) is 0 Å². The molecule has 0 atom stereocenters. The van der Waals surface area contributed by atoms with E-state index in [1.165, 1.54) is 12.0 Å². The summed E-state index contributed by atoms with van der Waals surface area (Å²) in [7, 11) is 0. The molecule has 24 heavy (non-hydrogen) atoms. The summed E-state index contributed by atoms with van der Waals surface area (Å²) in [5, 5.41) is 3.18. The molecule has 1 aromatic heterocycles. The lowest BCUT2D eigenvalue weighted by Crippen LogP contribution is -2.36. The number of amides is 1. The van der Waals surface area contributed by atoms with Gasteiger partial charge in [0.05, 0.1) is 0 Å². The minimum atomic E-state index is -0.00435. The van der Waals surface area contributed by atoms with Gasteiger partial charge < -0.3 is 10.2 Å². The Bertz CT molecular complexity index is 691. The van der Waals surface area contributed by atoms with Gasteiger partial charge >= 0.3 is 0 Å². The van der Waals surface area contributed by atoms with Crippen molar-refractivity contribution in [3.63, 3.8) is 0 Å². The lowest BCUT2D eigenvalue weighted by atomic mass is 10.0. The molecule has 126 valence electrons. The molecule has 5 heteroatoms. The number of benzene rings is 1. The smallest absolute Gasteiger partial charge is 0.272 e. The highest BCUT2D eigenvalue weighted by Gasteiger charge is 2.19. The van der Waals surface area contributed by atoms with Gasteiger partial charge in [-0.25, -0.2) is 9.97 Å². The molecule has 0 radical (unpaired) electrons. The summed E-state index contributed by atoms with van der Waals surface area (Å²) in [4.78, 5) is 23.0. The zero-order valence-electron chi connectivity index (χ0n) is 14.3. The SMILES string of the molecule is CC(C)c1ccc(Nc2nccc(C(=O)N3CCCCC3)n2)cc1. The van der Waals surface area contributed by atoms with Crippen molar-refractivity contribution in [2.45, 2.75) is 39.0 Å². The first-order valence-corrected chi connectivity index (χ1v) is 8.63. The molecule has 2 heterocycles. The predicted molar refractivity (Wildman–Crippen MR) is 95.6 cm³/mol. The van der Waals surface area contributed by atoms with Gasteiger partial charge in [-0.15, -0.1) is 0 Å². The van der Waals surface area contributed by atoms with Crippen LogP contribution in [0.4, 0.5) is 11.6 Å². The second-order valence-corrected chi connectivity index (χ2v) is 6.52. The van der Waals surface area contributed by atoms with Crippen molar-refractivity contribution in [1.82, 2.24) is 14.9 Å². The van der Waals surface area contributed by atoms with E-state index in [0.29, 0.717) is 17.6 Å². The van der Waals surface area contributed by atoms with Crippen molar-refractivity contribution in [2.24, 2.45) is 0 Å². The lowest BCUT2D eigenvalue weighted by molar-refractivity contribution is 0.0718. The van der Waals surface area contributed by atoms with E-state index in [9.17, 15) is 4.79 Å². The summed E-state index contributed by atoms with van der Waals surface area (Å²) in [5.74, 6) is 0.950. The predicted octanol–water partition coefficient (Wildman–Crippen LogP) is 3.97. The van der Waals surface area contributed by atoms with E-state index in [1.54, 1.807) is 12.3 Å². The number of hydrogen-bond acceptors (Lipinski definition) is 4. The Hall–Kier alpha value is -2.43. The standard InChI is InChI=1S/C19H24N4O/c1-14(2)15-6-8-16(9-7-15)21-19-20-11-10-17(22-19)18(24)23-12-4-3-5-13-23/h6-11,14H,3-5,12-13H2,1-2H3,(H,20,21,22). The van der Waals surface area contributed by atoms with E-state index in [0.717, 1.165) is 31.6 Å². The number of carbonyl (C=O) groups is 1. The zero-order valence-corrected chi connectivity index (χ0v) is 14.3. The summed E-state index contributed by atoms with van der Waals surface area (Å²) >= 11 is 0. The Labute approximate surface area is 143 Å². The van der Waals surface area contributed by atoms with E-state index >= 15 is 0 Å². The Balaban J connectivity index is 1.71. The summed E-state index contributed by atoms with van der Waals surface area (Å²) in [6.07, 6.45) is 4.98. The molecule has 1 N–H and O–H groups in total. The Morgan fingerprint density at radius 3 is 2.46 bits per heavy atom. The molecule has 5 nitrogen and oxygen atoms in total. The molecule has 1 amide bonds. The number of piperidine rings is 1. The van der Waals surface area contributed by atoms with Crippen molar-refractivity contribution < 1.29 is 4.79 Å². The van der Waals surface area contributed by atoms with E-state index in [1.807, 2.05) is 17.0 Å². The number of likely N-dealkylation sites (tertiary alicyclic amines) is 1. The van der Waals surface area contributed by atoms with Gasteiger partial charge in [0.25, 0.3) is 5.91 Å². The van der Waals surface area contributed by atoms with Gasteiger partial charge in [0.1, 0.15) is 5.69 Å². The molecule has 3 rings (SSSR count). The minimum absolute atomic E-state index is 0.00435. The fourth-order valence-electron chi connectivity index (χ4n) is 2.88. The largest absolute Gasteiger partial charge is 0.337 e. The topological polar surface area (TPSA) is 58.1 Å². The van der Waals surface area contributed by atoms with E-state index < -0.39 is 0 Å². The molecular formula is C19H24N4O. The molecule has 0 saturated carbocycles. The molecule has 1 saturated heterocycles. The zero-order chi connectivity index (χ0) is 16.9. The Kier molecular flexibility index (Phi) is 5.08. The molecule has 1 aromatic carbocycles. The lowest BCUT2D eigenvalue weighted by Gasteiger charge is -2.26. The fourth-order valence-corrected chi connectivity index (χ4v) is 2.88. The van der Waals surface area contributed by atoms with Crippen LogP contribution in [0.25, 0.3) is 0 Å². The number of rotatable bonds is 4. The number of aromatic nitrogens is 2. The number of nitrogens with zero attached hydrogens (tertiary/aromatic N) is 3. The van der Waals surface area contributed by atoms with Gasteiger partial charge in [-0.3, -0.25) is 4.79 Å².